The lowest BCUT2D eigenvalue weighted by Gasteiger charge is -2.58. The van der Waals surface area contributed by atoms with Crippen LogP contribution in [0.1, 0.15) is 40.5 Å². The number of cyclic esters (lactones) is 1. The second-order valence-electron chi connectivity index (χ2n) is 13.2. The third kappa shape index (κ3) is 6.77. The molecule has 0 bridgehead atoms. The van der Waals surface area contributed by atoms with Gasteiger partial charge in [-0.1, -0.05) is 56.4 Å². The summed E-state index contributed by atoms with van der Waals surface area (Å²) in [5.41, 5.74) is -3.52. The van der Waals surface area contributed by atoms with Crippen LogP contribution in [-0.2, 0) is 38.3 Å². The summed E-state index contributed by atoms with van der Waals surface area (Å²) in [6.45, 7) is 6.10. The summed E-state index contributed by atoms with van der Waals surface area (Å²) in [7, 11) is 0. The number of thioether (sulfide) groups is 1. The van der Waals surface area contributed by atoms with Crippen LogP contribution in [0.25, 0.3) is 0 Å². The molecule has 3 fully saturated rings. The van der Waals surface area contributed by atoms with Gasteiger partial charge in [-0.3, -0.25) is 24.0 Å². The summed E-state index contributed by atoms with van der Waals surface area (Å²) in [6.07, 6.45) is 10.4. The largest absolute Gasteiger partial charge is 0.480 e. The molecular formula is C34H42N2O11S. The van der Waals surface area contributed by atoms with E-state index in [4.69, 9.17) is 9.84 Å². The molecule has 14 heteroatoms. The molecule has 1 heterocycles. The number of carboxylic acid groups (broad SMARTS) is 2. The number of esters is 1. The van der Waals surface area contributed by atoms with E-state index in [2.05, 4.69) is 10.6 Å². The van der Waals surface area contributed by atoms with Crippen molar-refractivity contribution in [1.29, 1.82) is 0 Å². The Morgan fingerprint density at radius 2 is 1.73 bits per heavy atom. The first-order valence-corrected chi connectivity index (χ1v) is 17.0. The van der Waals surface area contributed by atoms with Crippen LogP contribution in [0.3, 0.4) is 0 Å². The number of nitrogens with one attached hydrogen (secondary N) is 2. The van der Waals surface area contributed by atoms with Gasteiger partial charge in [0.05, 0.1) is 6.10 Å². The van der Waals surface area contributed by atoms with Crippen molar-refractivity contribution in [2.24, 2.45) is 40.4 Å². The Hall–Kier alpha value is -4.04. The third-order valence-electron chi connectivity index (χ3n) is 10.3. The number of carboxylic acids is 2. The molecule has 0 aromatic carbocycles. The van der Waals surface area contributed by atoms with Gasteiger partial charge in [-0.05, 0) is 24.7 Å². The number of rotatable bonds is 11. The minimum Gasteiger partial charge on any atom is -0.480 e. The van der Waals surface area contributed by atoms with Crippen molar-refractivity contribution >= 4 is 53.1 Å². The van der Waals surface area contributed by atoms with Crippen LogP contribution in [0.2, 0.25) is 0 Å². The molecule has 2 saturated carbocycles. The van der Waals surface area contributed by atoms with Gasteiger partial charge in [0, 0.05) is 60.6 Å². The van der Waals surface area contributed by atoms with Gasteiger partial charge in [0.1, 0.15) is 6.04 Å². The molecule has 4 aliphatic rings. The van der Waals surface area contributed by atoms with Gasteiger partial charge >= 0.3 is 17.9 Å². The monoisotopic (exact) mass is 686 g/mol. The average molecular weight is 687 g/mol. The Morgan fingerprint density at radius 1 is 1.04 bits per heavy atom. The van der Waals surface area contributed by atoms with Gasteiger partial charge in [-0.25, -0.2) is 9.59 Å². The normalized spacial score (nSPS) is 36.6. The Labute approximate surface area is 282 Å². The van der Waals surface area contributed by atoms with Gasteiger partial charge < -0.3 is 30.7 Å². The highest BCUT2D eigenvalue weighted by molar-refractivity contribution is 7.99. The Kier molecular flexibility index (Phi) is 11.2. The van der Waals surface area contributed by atoms with Crippen molar-refractivity contribution in [3.05, 3.63) is 48.6 Å². The number of aliphatic hydroxyl groups is 1. The minimum atomic E-state index is -2.23. The maximum atomic E-state index is 15.1. The van der Waals surface area contributed by atoms with E-state index in [-0.39, 0.29) is 29.8 Å². The van der Waals surface area contributed by atoms with Crippen LogP contribution < -0.4 is 10.6 Å². The minimum absolute atomic E-state index is 0.121. The average Bonchev–Trinajstić information content (AvgIpc) is 3.25. The second kappa shape index (κ2) is 14.6. The van der Waals surface area contributed by atoms with E-state index >= 15 is 4.79 Å². The van der Waals surface area contributed by atoms with Crippen molar-refractivity contribution in [3.8, 4) is 0 Å². The molecule has 4 rings (SSSR count). The lowest BCUT2D eigenvalue weighted by Crippen LogP contribution is -2.66. The van der Waals surface area contributed by atoms with Crippen molar-refractivity contribution < 1.29 is 53.6 Å². The van der Waals surface area contributed by atoms with Crippen LogP contribution in [-0.4, -0.2) is 92.4 Å². The van der Waals surface area contributed by atoms with Crippen LogP contribution in [0.4, 0.5) is 0 Å². The molecule has 0 unspecified atom stereocenters. The van der Waals surface area contributed by atoms with Crippen LogP contribution in [0, 0.1) is 40.4 Å². The Balaban J connectivity index is 1.72. The number of hydrogen-bond donors (Lipinski definition) is 5. The molecule has 1 spiro atoms. The molecule has 0 aromatic heterocycles. The third-order valence-corrected chi connectivity index (χ3v) is 11.5. The van der Waals surface area contributed by atoms with E-state index in [0.29, 0.717) is 6.42 Å². The van der Waals surface area contributed by atoms with Crippen molar-refractivity contribution in [2.75, 3.05) is 11.5 Å². The molecular weight excluding hydrogens is 644 g/mol. The second-order valence-corrected chi connectivity index (χ2v) is 14.3. The maximum absolute atomic E-state index is 15.1. The Morgan fingerprint density at radius 3 is 2.35 bits per heavy atom. The Bertz CT molecular complexity index is 1490. The molecule has 0 radical (unpaired) electrons. The summed E-state index contributed by atoms with van der Waals surface area (Å²) in [5, 5.41) is 34.9. The summed E-state index contributed by atoms with van der Waals surface area (Å²) >= 11 is 0.986. The molecule has 5 N–H and O–H groups in total. The van der Waals surface area contributed by atoms with Crippen molar-refractivity contribution in [1.82, 2.24) is 10.6 Å². The summed E-state index contributed by atoms with van der Waals surface area (Å²) in [5.74, 6) is -8.55. The number of fused-ring (bicyclic) bond motifs is 3. The number of allylic oxidation sites excluding steroid dienone is 6. The molecule has 0 aromatic rings. The lowest BCUT2D eigenvalue weighted by atomic mass is 9.43. The molecule has 48 heavy (non-hydrogen) atoms. The van der Waals surface area contributed by atoms with Crippen LogP contribution in [0.5, 0.6) is 0 Å². The highest BCUT2D eigenvalue weighted by Gasteiger charge is 2.74. The number of hydrogen-bond acceptors (Lipinski definition) is 10. The number of ether oxygens (including phenoxy) is 1. The molecule has 3 aliphatic carbocycles. The van der Waals surface area contributed by atoms with Crippen molar-refractivity contribution in [3.63, 3.8) is 0 Å². The summed E-state index contributed by atoms with van der Waals surface area (Å²) < 4.78 is 5.62. The summed E-state index contributed by atoms with van der Waals surface area (Å²) in [4.78, 5) is 89.4. The quantitative estimate of drug-likeness (QED) is 0.0687. The predicted octanol–water partition coefficient (Wildman–Crippen LogP) is 1.46. The maximum Gasteiger partial charge on any atom is 0.328 e. The van der Waals surface area contributed by atoms with Gasteiger partial charge in [-0.2, -0.15) is 11.8 Å². The number of ketones is 2. The predicted molar refractivity (Wildman–Crippen MR) is 173 cm³/mol. The van der Waals surface area contributed by atoms with Gasteiger partial charge in [-0.15, -0.1) is 0 Å². The smallest absolute Gasteiger partial charge is 0.328 e. The first-order chi connectivity index (χ1) is 22.6. The molecule has 13 nitrogen and oxygen atoms in total. The number of Topliss-reactive ketones (excluding diaryl/α,β-unsaturated/α-hetero) is 2. The van der Waals surface area contributed by atoms with Crippen LogP contribution in [0.15, 0.2) is 48.6 Å². The highest BCUT2D eigenvalue weighted by atomic mass is 32.2. The van der Waals surface area contributed by atoms with Gasteiger partial charge in [0.15, 0.2) is 23.1 Å². The van der Waals surface area contributed by atoms with E-state index in [1.54, 1.807) is 13.0 Å². The van der Waals surface area contributed by atoms with E-state index in [1.807, 2.05) is 19.1 Å². The number of carbonyl (C=O) groups is 7. The number of aliphatic hydroxyl groups excluding tert-OH is 1. The van der Waals surface area contributed by atoms with E-state index in [9.17, 15) is 39.0 Å². The molecule has 11 atom stereocenters. The molecule has 1 saturated heterocycles. The SMILES string of the molecule is CC(=O)N[C@H](CSC[C@H]1OC(=O)[C@@]2(C1=O)C(=O)[C@@]1(C)[C@@H](C=C[C@H]3[C@H](O)[C@@H](C)[C@H](NC(C)=O)C[C@@H]31)C[C@H]2\C=C/C=C\C=C/C(=O)O)C(=O)O. The fourth-order valence-corrected chi connectivity index (χ4v) is 8.97. The number of carbonyl (C=O) groups excluding carboxylic acids is 5. The van der Waals surface area contributed by atoms with E-state index in [1.165, 1.54) is 38.2 Å². The molecule has 1 aliphatic heterocycles. The number of aliphatic carboxylic acids is 2. The zero-order valence-corrected chi connectivity index (χ0v) is 28.0. The first-order valence-electron chi connectivity index (χ1n) is 15.8. The van der Waals surface area contributed by atoms with Crippen LogP contribution >= 0.6 is 11.8 Å². The molecule has 2 amide bonds. The fourth-order valence-electron chi connectivity index (χ4n) is 7.94. The van der Waals surface area contributed by atoms with E-state index < -0.39 is 94.2 Å². The lowest BCUT2D eigenvalue weighted by molar-refractivity contribution is -0.173. The van der Waals surface area contributed by atoms with Gasteiger partial charge in [0.2, 0.25) is 11.8 Å². The zero-order valence-electron chi connectivity index (χ0n) is 27.2. The molecule has 260 valence electrons. The zero-order chi connectivity index (χ0) is 35.6. The summed E-state index contributed by atoms with van der Waals surface area (Å²) in [6, 6.07) is -1.70. The van der Waals surface area contributed by atoms with Gasteiger partial charge in [0.25, 0.3) is 0 Å². The fraction of sp³-hybridized carbons (Fsp3) is 0.559. The topological polar surface area (TPSA) is 213 Å². The first kappa shape index (κ1) is 36.8. The van der Waals surface area contributed by atoms with Crippen molar-refractivity contribution in [2.45, 2.75) is 64.8 Å². The standard InChI is InChI=1S/C34H42N2O11S/c1-17-24(35-18(2)37)14-23-22(28(17)41)12-11-20-13-21(9-7-5-6-8-10-27(39)40)34(31(45)33(20,23)4)29(42)26(47-32(34)46)16-48-15-25(30(43)44)36-19(3)38/h5-12,17,20-26,28,41H,13-16H2,1-4H3,(H,35,37)(H,36,38)(H,39,40)(H,43,44)/b6-5-,9-7-,10-8-/t17-,20-,21+,22+,23-,24+,25+,26+,28+,33-,34-/m0/s1. The van der Waals surface area contributed by atoms with E-state index in [0.717, 1.165) is 17.8 Å². The number of amides is 2. The highest BCUT2D eigenvalue weighted by Crippen LogP contribution is 2.62.